The predicted molar refractivity (Wildman–Crippen MR) is 80.9 cm³/mol. The molecule has 1 aromatic rings. The van der Waals surface area contributed by atoms with Gasteiger partial charge in [-0.1, -0.05) is 55.0 Å². The molecule has 2 N–H and O–H groups in total. The van der Waals surface area contributed by atoms with E-state index in [1.165, 1.54) is 38.5 Å². The summed E-state index contributed by atoms with van der Waals surface area (Å²) in [6.45, 7) is 0.0534. The molecule has 106 valence electrons. The van der Waals surface area contributed by atoms with Crippen molar-refractivity contribution in [2.45, 2.75) is 50.6 Å². The largest absolute Gasteiger partial charge is 0.394 e. The first-order chi connectivity index (χ1) is 9.20. The Morgan fingerprint density at radius 3 is 2.42 bits per heavy atom. The van der Waals surface area contributed by atoms with Crippen molar-refractivity contribution in [3.63, 3.8) is 0 Å². The Bertz CT molecular complexity index is 403. The van der Waals surface area contributed by atoms with E-state index < -0.39 is 0 Å². The number of nitrogens with one attached hydrogen (secondary N) is 1. The molecule has 0 amide bonds. The third kappa shape index (κ3) is 4.35. The summed E-state index contributed by atoms with van der Waals surface area (Å²) in [6.07, 6.45) is 7.55. The molecule has 1 atom stereocenters. The highest BCUT2D eigenvalue weighted by atomic mass is 35.5. The minimum Gasteiger partial charge on any atom is -0.394 e. The maximum absolute atomic E-state index is 9.62. The molecule has 0 aromatic heterocycles. The van der Waals surface area contributed by atoms with Gasteiger partial charge in [-0.25, -0.2) is 0 Å². The van der Waals surface area contributed by atoms with Gasteiger partial charge in [-0.2, -0.15) is 0 Å². The van der Waals surface area contributed by atoms with E-state index in [4.69, 9.17) is 23.2 Å². The molecular formula is C15H21Cl2NO. The van der Waals surface area contributed by atoms with Crippen molar-refractivity contribution in [3.05, 3.63) is 33.8 Å². The highest BCUT2D eigenvalue weighted by Gasteiger charge is 2.19. The zero-order valence-corrected chi connectivity index (χ0v) is 12.6. The van der Waals surface area contributed by atoms with Crippen molar-refractivity contribution in [1.82, 2.24) is 5.32 Å². The Balaban J connectivity index is 2.06. The molecule has 0 spiro atoms. The number of hydrogen-bond donors (Lipinski definition) is 2. The van der Waals surface area contributed by atoms with Crippen molar-refractivity contribution < 1.29 is 5.11 Å². The van der Waals surface area contributed by atoms with E-state index in [1.54, 1.807) is 6.07 Å². The number of hydrogen-bond acceptors (Lipinski definition) is 2. The molecule has 1 saturated carbocycles. The van der Waals surface area contributed by atoms with Crippen LogP contribution in [0, 0.1) is 0 Å². The average Bonchev–Trinajstić information content (AvgIpc) is 2.65. The molecule has 1 fully saturated rings. The van der Waals surface area contributed by atoms with Crippen LogP contribution in [0.3, 0.4) is 0 Å². The van der Waals surface area contributed by atoms with Crippen LogP contribution in [0.1, 0.15) is 50.1 Å². The van der Waals surface area contributed by atoms with E-state index >= 15 is 0 Å². The normalized spacial score (nSPS) is 19.1. The quantitative estimate of drug-likeness (QED) is 0.811. The van der Waals surface area contributed by atoms with Crippen LogP contribution in [-0.2, 0) is 0 Å². The van der Waals surface area contributed by atoms with Crippen LogP contribution < -0.4 is 5.32 Å². The van der Waals surface area contributed by atoms with Gasteiger partial charge in [0.25, 0.3) is 0 Å². The Kier molecular flexibility index (Phi) is 5.96. The average molecular weight is 302 g/mol. The SMILES string of the molecule is OCC(NC1CCCCCC1)c1ccc(Cl)cc1Cl. The van der Waals surface area contributed by atoms with Gasteiger partial charge in [-0.15, -0.1) is 0 Å². The van der Waals surface area contributed by atoms with Crippen LogP contribution in [0.5, 0.6) is 0 Å². The summed E-state index contributed by atoms with van der Waals surface area (Å²) >= 11 is 12.1. The van der Waals surface area contributed by atoms with Gasteiger partial charge in [-0.05, 0) is 30.5 Å². The molecule has 4 heteroatoms. The van der Waals surface area contributed by atoms with Crippen molar-refractivity contribution in [2.75, 3.05) is 6.61 Å². The Morgan fingerprint density at radius 1 is 1.16 bits per heavy atom. The first kappa shape index (κ1) is 15.1. The summed E-state index contributed by atoms with van der Waals surface area (Å²) in [5, 5.41) is 14.4. The number of aliphatic hydroxyl groups is 1. The number of halogens is 2. The molecule has 0 aliphatic heterocycles. The summed E-state index contributed by atoms with van der Waals surface area (Å²) in [5.41, 5.74) is 0.929. The van der Waals surface area contributed by atoms with Gasteiger partial charge < -0.3 is 10.4 Å². The molecule has 0 bridgehead atoms. The van der Waals surface area contributed by atoms with Gasteiger partial charge in [0.2, 0.25) is 0 Å². The lowest BCUT2D eigenvalue weighted by atomic mass is 10.0. The number of benzene rings is 1. The zero-order chi connectivity index (χ0) is 13.7. The lowest BCUT2D eigenvalue weighted by molar-refractivity contribution is 0.228. The van der Waals surface area contributed by atoms with Crippen LogP contribution in [0.25, 0.3) is 0 Å². The molecule has 0 saturated heterocycles. The van der Waals surface area contributed by atoms with Crippen molar-refractivity contribution >= 4 is 23.2 Å². The van der Waals surface area contributed by atoms with E-state index in [1.807, 2.05) is 12.1 Å². The maximum Gasteiger partial charge on any atom is 0.0627 e. The second-order valence-corrected chi connectivity index (χ2v) is 6.10. The maximum atomic E-state index is 9.62. The van der Waals surface area contributed by atoms with Crippen molar-refractivity contribution in [3.8, 4) is 0 Å². The molecule has 0 radical (unpaired) electrons. The van der Waals surface area contributed by atoms with Gasteiger partial charge in [-0.3, -0.25) is 0 Å². The first-order valence-electron chi connectivity index (χ1n) is 7.02. The van der Waals surface area contributed by atoms with Gasteiger partial charge >= 0.3 is 0 Å². The Labute approximate surface area is 125 Å². The molecule has 2 rings (SSSR count). The Hall–Kier alpha value is -0.280. The second-order valence-electron chi connectivity index (χ2n) is 5.26. The lowest BCUT2D eigenvalue weighted by Gasteiger charge is -2.24. The smallest absolute Gasteiger partial charge is 0.0627 e. The fraction of sp³-hybridized carbons (Fsp3) is 0.600. The van der Waals surface area contributed by atoms with Crippen LogP contribution in [-0.4, -0.2) is 17.8 Å². The minimum atomic E-state index is -0.104. The van der Waals surface area contributed by atoms with E-state index in [0.717, 1.165) is 5.56 Å². The molecule has 1 aliphatic carbocycles. The third-order valence-corrected chi connectivity index (χ3v) is 4.37. The number of aliphatic hydroxyl groups excluding tert-OH is 1. The molecule has 2 nitrogen and oxygen atoms in total. The number of rotatable bonds is 4. The van der Waals surface area contributed by atoms with Gasteiger partial charge in [0.1, 0.15) is 0 Å². The van der Waals surface area contributed by atoms with Gasteiger partial charge in [0, 0.05) is 16.1 Å². The summed E-state index contributed by atoms with van der Waals surface area (Å²) in [5.74, 6) is 0. The fourth-order valence-electron chi connectivity index (χ4n) is 2.76. The summed E-state index contributed by atoms with van der Waals surface area (Å²) in [4.78, 5) is 0. The van der Waals surface area contributed by atoms with Crippen LogP contribution in [0.15, 0.2) is 18.2 Å². The lowest BCUT2D eigenvalue weighted by Crippen LogP contribution is -2.34. The van der Waals surface area contributed by atoms with Crippen LogP contribution in [0.2, 0.25) is 10.0 Å². The van der Waals surface area contributed by atoms with Crippen molar-refractivity contribution in [2.24, 2.45) is 0 Å². The van der Waals surface area contributed by atoms with Gasteiger partial charge in [0.05, 0.1) is 12.6 Å². The molecule has 1 unspecified atom stereocenters. The summed E-state index contributed by atoms with van der Waals surface area (Å²) < 4.78 is 0. The Morgan fingerprint density at radius 2 is 1.84 bits per heavy atom. The van der Waals surface area contributed by atoms with E-state index in [-0.39, 0.29) is 12.6 Å². The zero-order valence-electron chi connectivity index (χ0n) is 11.0. The molecule has 1 aliphatic rings. The topological polar surface area (TPSA) is 32.3 Å². The van der Waals surface area contributed by atoms with E-state index in [0.29, 0.717) is 16.1 Å². The second kappa shape index (κ2) is 7.49. The molecule has 19 heavy (non-hydrogen) atoms. The highest BCUT2D eigenvalue weighted by molar-refractivity contribution is 6.35. The molecule has 0 heterocycles. The summed E-state index contributed by atoms with van der Waals surface area (Å²) in [7, 11) is 0. The van der Waals surface area contributed by atoms with Crippen LogP contribution >= 0.6 is 23.2 Å². The first-order valence-corrected chi connectivity index (χ1v) is 7.78. The van der Waals surface area contributed by atoms with E-state index in [9.17, 15) is 5.11 Å². The molecular weight excluding hydrogens is 281 g/mol. The standard InChI is InChI=1S/C15H21Cl2NO/c16-11-7-8-13(14(17)9-11)15(10-19)18-12-5-3-1-2-4-6-12/h7-9,12,15,18-19H,1-6,10H2. The highest BCUT2D eigenvalue weighted by Crippen LogP contribution is 2.28. The third-order valence-electron chi connectivity index (χ3n) is 3.81. The predicted octanol–water partition coefficient (Wildman–Crippen LogP) is 4.34. The van der Waals surface area contributed by atoms with Gasteiger partial charge in [0.15, 0.2) is 0 Å². The minimum absolute atomic E-state index is 0.0534. The molecule has 1 aromatic carbocycles. The fourth-order valence-corrected chi connectivity index (χ4v) is 3.30. The van der Waals surface area contributed by atoms with E-state index in [2.05, 4.69) is 5.32 Å². The van der Waals surface area contributed by atoms with Crippen molar-refractivity contribution in [1.29, 1.82) is 0 Å². The van der Waals surface area contributed by atoms with Crippen LogP contribution in [0.4, 0.5) is 0 Å². The summed E-state index contributed by atoms with van der Waals surface area (Å²) in [6, 6.07) is 5.82. The monoisotopic (exact) mass is 301 g/mol.